The van der Waals surface area contributed by atoms with E-state index in [2.05, 4.69) is 13.6 Å². The van der Waals surface area contributed by atoms with Crippen LogP contribution in [0.5, 0.6) is 0 Å². The van der Waals surface area contributed by atoms with Gasteiger partial charge in [-0.25, -0.2) is 0 Å². The van der Waals surface area contributed by atoms with Crippen molar-refractivity contribution in [3.8, 4) is 0 Å². The first-order valence-corrected chi connectivity index (χ1v) is 6.65. The largest absolute Gasteiger partial charge is 0.366 e. The molecular weight excluding hydrogens is 252 g/mol. The predicted octanol–water partition coefficient (Wildman–Crippen LogP) is 2.59. The smallest absolute Gasteiger partial charge is 0.321 e. The zero-order valence-corrected chi connectivity index (χ0v) is 10.5. The van der Waals surface area contributed by atoms with Gasteiger partial charge in [0, 0.05) is 13.1 Å². The quantitative estimate of drug-likeness (QED) is 0.615. The second kappa shape index (κ2) is 4.49. The summed E-state index contributed by atoms with van der Waals surface area (Å²) in [6.45, 7) is 1.76. The molecule has 0 aliphatic carbocycles. The summed E-state index contributed by atoms with van der Waals surface area (Å²) in [5, 5.41) is 11.3. The van der Waals surface area contributed by atoms with Crippen LogP contribution in [0.15, 0.2) is 12.1 Å². The zero-order chi connectivity index (χ0) is 12.5. The maximum atomic E-state index is 11.3. The maximum absolute atomic E-state index is 11.3. The van der Waals surface area contributed by atoms with E-state index in [1.54, 1.807) is 6.07 Å². The number of piperidine rings is 1. The molecule has 1 aliphatic rings. The highest BCUT2D eigenvalue weighted by atomic mass is 32.1. The first-order chi connectivity index (χ1) is 8.77. The number of nitro groups is 1. The van der Waals surface area contributed by atoms with Crippen molar-refractivity contribution in [2.45, 2.75) is 19.3 Å². The van der Waals surface area contributed by atoms with Crippen LogP contribution < -0.4 is 4.90 Å². The fraction of sp³-hybridized carbons (Fsp3) is 0.455. The molecule has 1 aliphatic heterocycles. The third-order valence-electron chi connectivity index (χ3n) is 3.26. The molecule has 7 heteroatoms. The van der Waals surface area contributed by atoms with Crippen LogP contribution in [-0.4, -0.2) is 26.8 Å². The van der Waals surface area contributed by atoms with Crippen LogP contribution in [0.4, 0.5) is 11.4 Å². The van der Waals surface area contributed by atoms with Crippen LogP contribution in [-0.2, 0) is 0 Å². The lowest BCUT2D eigenvalue weighted by Crippen LogP contribution is -2.29. The van der Waals surface area contributed by atoms with E-state index in [1.807, 2.05) is 6.07 Å². The van der Waals surface area contributed by atoms with Crippen molar-refractivity contribution in [2.24, 2.45) is 0 Å². The third-order valence-corrected chi connectivity index (χ3v) is 3.80. The molecule has 18 heavy (non-hydrogen) atoms. The minimum atomic E-state index is -0.340. The molecule has 0 bridgehead atoms. The van der Waals surface area contributed by atoms with Gasteiger partial charge in [-0.15, -0.1) is 0 Å². The number of anilines is 1. The van der Waals surface area contributed by atoms with E-state index in [0.717, 1.165) is 37.7 Å². The van der Waals surface area contributed by atoms with Gasteiger partial charge in [-0.2, -0.15) is 8.75 Å². The highest BCUT2D eigenvalue weighted by Crippen LogP contribution is 2.35. The molecule has 0 radical (unpaired) electrons. The topological polar surface area (TPSA) is 72.2 Å². The normalized spacial score (nSPS) is 16.1. The van der Waals surface area contributed by atoms with Crippen LogP contribution in [0.25, 0.3) is 11.0 Å². The maximum Gasteiger partial charge on any atom is 0.321 e. The lowest BCUT2D eigenvalue weighted by atomic mass is 10.1. The summed E-state index contributed by atoms with van der Waals surface area (Å²) in [5.74, 6) is 0. The highest BCUT2D eigenvalue weighted by Gasteiger charge is 2.25. The molecule has 2 aromatic rings. The molecule has 0 spiro atoms. The SMILES string of the molecule is O=[N+]([O-])c1c(N2CCCCC2)ccc2nsnc12. The fourth-order valence-corrected chi connectivity index (χ4v) is 2.93. The van der Waals surface area contributed by atoms with Crippen LogP contribution in [0, 0.1) is 10.1 Å². The molecule has 2 heterocycles. The molecule has 0 amide bonds. The molecule has 1 aromatic carbocycles. The summed E-state index contributed by atoms with van der Waals surface area (Å²) in [6, 6.07) is 3.61. The molecule has 1 fully saturated rings. The minimum absolute atomic E-state index is 0.100. The number of hydrogen-bond acceptors (Lipinski definition) is 6. The van der Waals surface area contributed by atoms with E-state index in [0.29, 0.717) is 16.7 Å². The first-order valence-electron chi connectivity index (χ1n) is 5.92. The summed E-state index contributed by atoms with van der Waals surface area (Å²) in [7, 11) is 0. The Bertz CT molecular complexity index is 592. The van der Waals surface area contributed by atoms with Crippen LogP contribution in [0.2, 0.25) is 0 Å². The highest BCUT2D eigenvalue weighted by molar-refractivity contribution is 7.00. The number of nitrogens with zero attached hydrogens (tertiary/aromatic N) is 4. The standard InChI is InChI=1S/C11H12N4O2S/c16-15(17)11-9(14-6-2-1-3-7-14)5-4-8-10(11)13-18-12-8/h4-5H,1-3,6-7H2. The third kappa shape index (κ3) is 1.80. The van der Waals surface area contributed by atoms with Crippen molar-refractivity contribution in [1.82, 2.24) is 8.75 Å². The Kier molecular flexibility index (Phi) is 2.83. The number of aromatic nitrogens is 2. The molecule has 0 N–H and O–H groups in total. The summed E-state index contributed by atoms with van der Waals surface area (Å²) in [6.07, 6.45) is 3.37. The van der Waals surface area contributed by atoms with Gasteiger partial charge >= 0.3 is 5.69 Å². The van der Waals surface area contributed by atoms with E-state index in [9.17, 15) is 10.1 Å². The lowest BCUT2D eigenvalue weighted by molar-refractivity contribution is -0.382. The van der Waals surface area contributed by atoms with Gasteiger partial charge in [-0.1, -0.05) is 0 Å². The van der Waals surface area contributed by atoms with Crippen molar-refractivity contribution < 1.29 is 4.92 Å². The van der Waals surface area contributed by atoms with Crippen molar-refractivity contribution in [3.63, 3.8) is 0 Å². The molecule has 94 valence electrons. The zero-order valence-electron chi connectivity index (χ0n) is 9.70. The number of hydrogen-bond donors (Lipinski definition) is 0. The summed E-state index contributed by atoms with van der Waals surface area (Å²) in [4.78, 5) is 13.0. The van der Waals surface area contributed by atoms with Crippen LogP contribution >= 0.6 is 11.7 Å². The Morgan fingerprint density at radius 2 is 2.00 bits per heavy atom. The average molecular weight is 264 g/mol. The van der Waals surface area contributed by atoms with Gasteiger partial charge in [0.25, 0.3) is 0 Å². The molecule has 1 aromatic heterocycles. The lowest BCUT2D eigenvalue weighted by Gasteiger charge is -2.28. The van der Waals surface area contributed by atoms with E-state index in [1.165, 1.54) is 6.42 Å². The fourth-order valence-electron chi connectivity index (χ4n) is 2.40. The number of rotatable bonds is 2. The van der Waals surface area contributed by atoms with Gasteiger partial charge in [-0.05, 0) is 31.4 Å². The van der Waals surface area contributed by atoms with E-state index < -0.39 is 0 Å². The molecule has 0 atom stereocenters. The molecule has 1 saturated heterocycles. The van der Waals surface area contributed by atoms with Crippen LogP contribution in [0.3, 0.4) is 0 Å². The van der Waals surface area contributed by atoms with Gasteiger partial charge in [-0.3, -0.25) is 10.1 Å². The monoisotopic (exact) mass is 264 g/mol. The Balaban J connectivity index is 2.14. The van der Waals surface area contributed by atoms with Gasteiger partial charge in [0.15, 0.2) is 5.52 Å². The predicted molar refractivity (Wildman–Crippen MR) is 70.1 cm³/mol. The van der Waals surface area contributed by atoms with Gasteiger partial charge in [0.1, 0.15) is 11.2 Å². The summed E-state index contributed by atoms with van der Waals surface area (Å²) < 4.78 is 8.11. The Labute approximate surface area is 108 Å². The molecule has 0 unspecified atom stereocenters. The summed E-state index contributed by atoms with van der Waals surface area (Å²) >= 11 is 1.02. The van der Waals surface area contributed by atoms with E-state index >= 15 is 0 Å². The second-order valence-electron chi connectivity index (χ2n) is 4.37. The number of benzene rings is 1. The Hall–Kier alpha value is -1.76. The van der Waals surface area contributed by atoms with E-state index in [4.69, 9.17) is 0 Å². The number of nitro benzene ring substituents is 1. The van der Waals surface area contributed by atoms with Crippen molar-refractivity contribution in [1.29, 1.82) is 0 Å². The van der Waals surface area contributed by atoms with Crippen LogP contribution in [0.1, 0.15) is 19.3 Å². The first kappa shape index (κ1) is 11.3. The Morgan fingerprint density at radius 1 is 1.22 bits per heavy atom. The summed E-state index contributed by atoms with van der Waals surface area (Å²) in [5.41, 5.74) is 1.79. The molecular formula is C11H12N4O2S. The molecule has 0 saturated carbocycles. The van der Waals surface area contributed by atoms with Crippen molar-refractivity contribution in [2.75, 3.05) is 18.0 Å². The average Bonchev–Trinajstić information content (AvgIpc) is 2.86. The van der Waals surface area contributed by atoms with Gasteiger partial charge in [0.2, 0.25) is 0 Å². The second-order valence-corrected chi connectivity index (χ2v) is 4.90. The Morgan fingerprint density at radius 3 is 2.72 bits per heavy atom. The molecule has 3 rings (SSSR count). The van der Waals surface area contributed by atoms with E-state index in [-0.39, 0.29) is 10.6 Å². The van der Waals surface area contributed by atoms with Gasteiger partial charge in [0.05, 0.1) is 16.7 Å². The van der Waals surface area contributed by atoms with Gasteiger partial charge < -0.3 is 4.90 Å². The minimum Gasteiger partial charge on any atom is -0.366 e. The van der Waals surface area contributed by atoms with Crippen molar-refractivity contribution >= 4 is 34.1 Å². The molecule has 6 nitrogen and oxygen atoms in total. The van der Waals surface area contributed by atoms with Crippen molar-refractivity contribution in [3.05, 3.63) is 22.2 Å². The number of fused-ring (bicyclic) bond motifs is 1.